The largest absolute Gasteiger partial charge is 0.376 e. The normalized spacial score (nSPS) is 17.6. The zero-order valence-corrected chi connectivity index (χ0v) is 13.1. The minimum atomic E-state index is -0.296. The number of carbonyl (C=O) groups is 1. The molecule has 2 N–H and O–H groups in total. The molecule has 7 heteroatoms. The van der Waals surface area contributed by atoms with Gasteiger partial charge in [-0.3, -0.25) is 9.59 Å². The highest BCUT2D eigenvalue weighted by atomic mass is 16.5. The van der Waals surface area contributed by atoms with Crippen LogP contribution in [0.2, 0.25) is 0 Å². The lowest BCUT2D eigenvalue weighted by atomic mass is 10.2. The van der Waals surface area contributed by atoms with Gasteiger partial charge in [0.1, 0.15) is 12.1 Å². The highest BCUT2D eigenvalue weighted by Gasteiger charge is 2.18. The molecule has 2 aromatic heterocycles. The van der Waals surface area contributed by atoms with E-state index in [-0.39, 0.29) is 24.1 Å². The molecule has 1 aliphatic rings. The van der Waals surface area contributed by atoms with Crippen LogP contribution in [0.4, 0.5) is 0 Å². The molecule has 0 aliphatic carbocycles. The molecule has 1 fully saturated rings. The summed E-state index contributed by atoms with van der Waals surface area (Å²) in [5.41, 5.74) is 1.02. The van der Waals surface area contributed by atoms with Crippen molar-refractivity contribution in [3.8, 4) is 0 Å². The summed E-state index contributed by atoms with van der Waals surface area (Å²) in [5, 5.41) is 10.9. The zero-order chi connectivity index (χ0) is 16.5. The lowest BCUT2D eigenvalue weighted by Gasteiger charge is -2.12. The summed E-state index contributed by atoms with van der Waals surface area (Å²) in [4.78, 5) is 24.6. The monoisotopic (exact) mass is 326 g/mol. The minimum absolute atomic E-state index is 0.0871. The third-order valence-corrected chi connectivity index (χ3v) is 4.44. The number of nitrogens with one attached hydrogen (secondary N) is 2. The summed E-state index contributed by atoms with van der Waals surface area (Å²) in [6.07, 6.45) is 3.73. The number of hydrogen-bond donors (Lipinski definition) is 2. The summed E-state index contributed by atoms with van der Waals surface area (Å²) in [5.74, 6) is -0.135. The van der Waals surface area contributed by atoms with Crippen LogP contribution < -0.4 is 10.9 Å². The summed E-state index contributed by atoms with van der Waals surface area (Å²) < 4.78 is 7.26. The number of rotatable bonds is 4. The Hall–Kier alpha value is -2.67. The second-order valence-corrected chi connectivity index (χ2v) is 6.00. The molecule has 1 aromatic carbocycles. The van der Waals surface area contributed by atoms with Gasteiger partial charge in [0, 0.05) is 29.4 Å². The van der Waals surface area contributed by atoms with Crippen LogP contribution in [0.1, 0.15) is 12.8 Å². The number of nitrogens with zero attached hydrogens (tertiary/aromatic N) is 2. The van der Waals surface area contributed by atoms with Crippen molar-refractivity contribution in [3.05, 3.63) is 40.8 Å². The van der Waals surface area contributed by atoms with Gasteiger partial charge in [-0.15, -0.1) is 0 Å². The van der Waals surface area contributed by atoms with Gasteiger partial charge >= 0.3 is 0 Å². The van der Waals surface area contributed by atoms with E-state index in [1.165, 1.54) is 0 Å². The van der Waals surface area contributed by atoms with Crippen molar-refractivity contribution >= 4 is 27.7 Å². The van der Waals surface area contributed by atoms with E-state index in [9.17, 15) is 9.59 Å². The molecule has 0 unspecified atom stereocenters. The van der Waals surface area contributed by atoms with Crippen molar-refractivity contribution in [1.29, 1.82) is 0 Å². The van der Waals surface area contributed by atoms with Crippen molar-refractivity contribution in [1.82, 2.24) is 20.1 Å². The number of hydrogen-bond acceptors (Lipinski definition) is 4. The maximum Gasteiger partial charge on any atom is 0.288 e. The van der Waals surface area contributed by atoms with Gasteiger partial charge in [-0.1, -0.05) is 18.2 Å². The van der Waals surface area contributed by atoms with Gasteiger partial charge in [-0.2, -0.15) is 5.10 Å². The Labute approximate surface area is 137 Å². The number of para-hydroxylation sites is 1. The number of fused-ring (bicyclic) bond motifs is 3. The predicted octanol–water partition coefficient (Wildman–Crippen LogP) is 1.17. The lowest BCUT2D eigenvalue weighted by molar-refractivity contribution is -0.122. The molecule has 0 saturated carbocycles. The van der Waals surface area contributed by atoms with Crippen molar-refractivity contribution in [2.24, 2.45) is 0 Å². The van der Waals surface area contributed by atoms with Crippen LogP contribution in [0.5, 0.6) is 0 Å². The number of aromatic amines is 1. The topological polar surface area (TPSA) is 89.0 Å². The molecule has 1 saturated heterocycles. The molecule has 7 nitrogen and oxygen atoms in total. The molecule has 0 bridgehead atoms. The van der Waals surface area contributed by atoms with E-state index in [0.717, 1.165) is 35.7 Å². The second-order valence-electron chi connectivity index (χ2n) is 6.00. The summed E-state index contributed by atoms with van der Waals surface area (Å²) in [6.45, 7) is 1.35. The highest BCUT2D eigenvalue weighted by Crippen LogP contribution is 2.25. The standard InChI is InChI=1S/C17H18N4O3/c22-15(18-8-11-4-3-7-24-11)10-21-14-6-2-1-5-12(14)13-9-19-20-17(23)16(13)21/h1-2,5-6,9,11H,3-4,7-8,10H2,(H,18,22)(H,20,23)/t11-/m0/s1. The van der Waals surface area contributed by atoms with E-state index in [0.29, 0.717) is 12.1 Å². The number of amides is 1. The van der Waals surface area contributed by atoms with Crippen LogP contribution in [0, 0.1) is 0 Å². The fourth-order valence-corrected chi connectivity index (χ4v) is 3.31. The molecule has 24 heavy (non-hydrogen) atoms. The molecule has 1 aliphatic heterocycles. The molecule has 0 radical (unpaired) electrons. The lowest BCUT2D eigenvalue weighted by Crippen LogP contribution is -2.34. The van der Waals surface area contributed by atoms with E-state index >= 15 is 0 Å². The van der Waals surface area contributed by atoms with Gasteiger partial charge in [-0.25, -0.2) is 5.10 Å². The first kappa shape index (κ1) is 14.9. The minimum Gasteiger partial charge on any atom is -0.376 e. The van der Waals surface area contributed by atoms with E-state index < -0.39 is 0 Å². The van der Waals surface area contributed by atoms with Crippen molar-refractivity contribution in [2.45, 2.75) is 25.5 Å². The number of H-pyrrole nitrogens is 1. The Balaban J connectivity index is 1.67. The Morgan fingerprint density at radius 1 is 1.38 bits per heavy atom. The smallest absolute Gasteiger partial charge is 0.288 e. The van der Waals surface area contributed by atoms with Crippen LogP contribution in [0.25, 0.3) is 21.8 Å². The molecular weight excluding hydrogens is 308 g/mol. The van der Waals surface area contributed by atoms with E-state index in [1.807, 2.05) is 24.3 Å². The quantitative estimate of drug-likeness (QED) is 0.753. The van der Waals surface area contributed by atoms with Crippen LogP contribution in [0.3, 0.4) is 0 Å². The van der Waals surface area contributed by atoms with Gasteiger partial charge in [0.05, 0.1) is 12.3 Å². The third kappa shape index (κ3) is 2.56. The molecular formula is C17H18N4O3. The third-order valence-electron chi connectivity index (χ3n) is 4.44. The Morgan fingerprint density at radius 2 is 2.25 bits per heavy atom. The maximum absolute atomic E-state index is 12.4. The fraction of sp³-hybridized carbons (Fsp3) is 0.353. The first-order valence-electron chi connectivity index (χ1n) is 8.07. The number of ether oxygens (including phenoxy) is 1. The van der Waals surface area contributed by atoms with Crippen LogP contribution in [-0.2, 0) is 16.1 Å². The Morgan fingerprint density at radius 3 is 3.08 bits per heavy atom. The van der Waals surface area contributed by atoms with Crippen LogP contribution in [0.15, 0.2) is 35.3 Å². The van der Waals surface area contributed by atoms with Gasteiger partial charge in [0.25, 0.3) is 5.56 Å². The van der Waals surface area contributed by atoms with Gasteiger partial charge in [-0.05, 0) is 18.9 Å². The molecule has 3 aromatic rings. The maximum atomic E-state index is 12.4. The Bertz CT molecular complexity index is 953. The first-order valence-corrected chi connectivity index (χ1v) is 8.07. The fourth-order valence-electron chi connectivity index (χ4n) is 3.31. The molecule has 0 spiro atoms. The highest BCUT2D eigenvalue weighted by molar-refractivity contribution is 6.07. The number of carbonyl (C=O) groups excluding carboxylic acids is 1. The van der Waals surface area contributed by atoms with Crippen LogP contribution >= 0.6 is 0 Å². The molecule has 1 amide bonds. The summed E-state index contributed by atoms with van der Waals surface area (Å²) in [6, 6.07) is 7.64. The average Bonchev–Trinajstić information content (AvgIpc) is 3.21. The van der Waals surface area contributed by atoms with Gasteiger partial charge < -0.3 is 14.6 Å². The molecule has 4 rings (SSSR count). The van der Waals surface area contributed by atoms with Crippen molar-refractivity contribution in [3.63, 3.8) is 0 Å². The van der Waals surface area contributed by atoms with E-state index in [2.05, 4.69) is 15.5 Å². The van der Waals surface area contributed by atoms with Crippen molar-refractivity contribution in [2.75, 3.05) is 13.2 Å². The predicted molar refractivity (Wildman–Crippen MR) is 89.8 cm³/mol. The zero-order valence-electron chi connectivity index (χ0n) is 13.1. The first-order chi connectivity index (χ1) is 11.7. The van der Waals surface area contributed by atoms with E-state index in [4.69, 9.17) is 4.74 Å². The molecule has 3 heterocycles. The summed E-state index contributed by atoms with van der Waals surface area (Å²) in [7, 11) is 0. The SMILES string of the molecule is O=C(Cn1c2ccccc2c2cn[nH]c(=O)c21)NC[C@@H]1CCCO1. The van der Waals surface area contributed by atoms with Gasteiger partial charge in [0.2, 0.25) is 5.91 Å². The average molecular weight is 326 g/mol. The number of benzene rings is 1. The van der Waals surface area contributed by atoms with Gasteiger partial charge in [0.15, 0.2) is 0 Å². The van der Waals surface area contributed by atoms with Crippen LogP contribution in [-0.4, -0.2) is 39.9 Å². The molecule has 124 valence electrons. The number of aromatic nitrogens is 3. The Kier molecular flexibility index (Phi) is 3.78. The van der Waals surface area contributed by atoms with Crippen molar-refractivity contribution < 1.29 is 9.53 Å². The van der Waals surface area contributed by atoms with E-state index in [1.54, 1.807) is 10.8 Å². The molecule has 1 atom stereocenters. The second kappa shape index (κ2) is 6.09. The summed E-state index contributed by atoms with van der Waals surface area (Å²) >= 11 is 0.